The minimum Gasteiger partial charge on any atom is -0.475 e. The average Bonchev–Trinajstić information content (AvgIpc) is 2.99. The molecule has 0 aliphatic carbocycles. The number of nitrogens with two attached hydrogens (primary N) is 1. The second-order valence-electron chi connectivity index (χ2n) is 11.0. The first-order valence-electron chi connectivity index (χ1n) is 14.4. The van der Waals surface area contributed by atoms with Crippen molar-refractivity contribution < 1.29 is 27.8 Å². The van der Waals surface area contributed by atoms with Gasteiger partial charge in [0, 0.05) is 36.4 Å². The van der Waals surface area contributed by atoms with E-state index in [1.54, 1.807) is 67.3 Å². The molecule has 1 amide bonds. The summed E-state index contributed by atoms with van der Waals surface area (Å²) < 4.78 is 48.9. The quantitative estimate of drug-likeness (QED) is 0.228. The number of carbonyl (C=O) groups is 1. The van der Waals surface area contributed by atoms with Gasteiger partial charge in [-0.1, -0.05) is 60.7 Å². The van der Waals surface area contributed by atoms with Crippen LogP contribution in [-0.2, 0) is 9.53 Å². The molecule has 2 heterocycles. The lowest BCUT2D eigenvalue weighted by molar-refractivity contribution is -0.191. The zero-order valence-corrected chi connectivity index (χ0v) is 24.5. The number of aliphatic imine (C=N–C) groups is 1. The van der Waals surface area contributed by atoms with E-state index in [1.807, 2.05) is 12.1 Å². The molecule has 12 heteroatoms. The number of nitrogens with zero attached hydrogens (tertiary/aromatic N) is 2. The van der Waals surface area contributed by atoms with E-state index in [0.717, 1.165) is 0 Å². The third kappa shape index (κ3) is 7.73. The fourth-order valence-corrected chi connectivity index (χ4v) is 5.42. The van der Waals surface area contributed by atoms with Crippen LogP contribution in [0.5, 0.6) is 0 Å². The highest BCUT2D eigenvalue weighted by Crippen LogP contribution is 2.41. The van der Waals surface area contributed by atoms with Crippen LogP contribution in [0, 0.1) is 22.7 Å². The molecular weight excluding hydrogens is 573 g/mol. The van der Waals surface area contributed by atoms with Crippen molar-refractivity contribution in [3.63, 3.8) is 0 Å². The number of likely N-dealkylation sites (tertiary alicyclic amines) is 1. The number of benzene rings is 2. The summed E-state index contributed by atoms with van der Waals surface area (Å²) in [6.45, 7) is 4.23. The normalized spacial score (nSPS) is 22.0. The maximum atomic E-state index is 14.5. The molecule has 0 aromatic heterocycles. The van der Waals surface area contributed by atoms with Crippen LogP contribution in [0.4, 0.5) is 13.2 Å². The lowest BCUT2D eigenvalue weighted by Gasteiger charge is -2.38. The van der Waals surface area contributed by atoms with Crippen LogP contribution in [0.25, 0.3) is 0 Å². The van der Waals surface area contributed by atoms with Gasteiger partial charge in [-0.05, 0) is 43.9 Å². The van der Waals surface area contributed by atoms with Crippen molar-refractivity contribution in [1.82, 2.24) is 10.2 Å². The van der Waals surface area contributed by atoms with Gasteiger partial charge in [0.1, 0.15) is 29.7 Å². The molecule has 0 unspecified atom stereocenters. The van der Waals surface area contributed by atoms with Crippen molar-refractivity contribution in [1.29, 1.82) is 10.8 Å². The second kappa shape index (κ2) is 13.9. The van der Waals surface area contributed by atoms with Gasteiger partial charge >= 0.3 is 6.18 Å². The number of hydrogen-bond acceptors (Lipinski definition) is 7. The summed E-state index contributed by atoms with van der Waals surface area (Å²) in [6.07, 6.45) is -4.08. The Morgan fingerprint density at radius 1 is 1.05 bits per heavy atom. The Morgan fingerprint density at radius 3 is 2.09 bits per heavy atom. The molecule has 44 heavy (non-hydrogen) atoms. The number of nitrogens with one attached hydrogen (secondary N) is 3. The number of halogens is 3. The number of alkyl halides is 3. The first-order chi connectivity index (χ1) is 20.9. The van der Waals surface area contributed by atoms with E-state index >= 15 is 0 Å². The highest BCUT2D eigenvalue weighted by molar-refractivity contribution is 6.13. The number of aliphatic hydroxyl groups excluding tert-OH is 1. The van der Waals surface area contributed by atoms with Crippen LogP contribution in [0.15, 0.2) is 89.1 Å². The Balaban J connectivity index is 1.70. The molecule has 6 N–H and O–H groups in total. The second-order valence-corrected chi connectivity index (χ2v) is 11.0. The van der Waals surface area contributed by atoms with E-state index in [0.29, 0.717) is 37.1 Å². The van der Waals surface area contributed by atoms with E-state index in [2.05, 4.69) is 10.3 Å². The van der Waals surface area contributed by atoms with Crippen LogP contribution in [-0.4, -0.2) is 65.0 Å². The van der Waals surface area contributed by atoms with Crippen LogP contribution < -0.4 is 11.1 Å². The van der Waals surface area contributed by atoms with Crippen molar-refractivity contribution in [2.75, 3.05) is 13.1 Å². The molecule has 0 radical (unpaired) electrons. The van der Waals surface area contributed by atoms with E-state index in [1.165, 1.54) is 12.2 Å². The minimum absolute atomic E-state index is 0.0826. The smallest absolute Gasteiger partial charge is 0.398 e. The molecule has 0 bridgehead atoms. The first-order valence-corrected chi connectivity index (χ1v) is 14.4. The SMILES string of the molecule is CC(C)OC(=N)/C=C\C(=N)N1CCC(C(N)=C2C(=NC(c3ccccc3)c3ccccc3)NC(=O)[C@H](O)[C@@H]2C(F)(F)F)CC1. The maximum absolute atomic E-state index is 14.5. The lowest BCUT2D eigenvalue weighted by Crippen LogP contribution is -2.56. The topological polar surface area (TPSA) is 148 Å². The number of amidine groups is 2. The molecule has 2 aromatic rings. The third-order valence-electron chi connectivity index (χ3n) is 7.58. The molecule has 9 nitrogen and oxygen atoms in total. The molecule has 4 rings (SSSR count). The van der Waals surface area contributed by atoms with Crippen LogP contribution >= 0.6 is 0 Å². The van der Waals surface area contributed by atoms with Gasteiger partial charge in [0.2, 0.25) is 5.90 Å². The molecule has 234 valence electrons. The van der Waals surface area contributed by atoms with Gasteiger partial charge in [-0.2, -0.15) is 13.2 Å². The minimum atomic E-state index is -4.98. The molecule has 2 aliphatic heterocycles. The highest BCUT2D eigenvalue weighted by atomic mass is 19.4. The Labute approximate surface area is 254 Å². The summed E-state index contributed by atoms with van der Waals surface area (Å²) >= 11 is 0. The lowest BCUT2D eigenvalue weighted by atomic mass is 9.81. The largest absolute Gasteiger partial charge is 0.475 e. The van der Waals surface area contributed by atoms with Gasteiger partial charge < -0.3 is 25.8 Å². The van der Waals surface area contributed by atoms with Crippen molar-refractivity contribution in [3.8, 4) is 0 Å². The van der Waals surface area contributed by atoms with Gasteiger partial charge in [0.15, 0.2) is 0 Å². The van der Waals surface area contributed by atoms with Gasteiger partial charge in [-0.25, -0.2) is 0 Å². The standard InChI is InChI=1S/C32H37F3N6O3/c1-19(2)44-24(37)14-13-23(36)41-17-15-20(16-18-41)27(38)25-26(32(33,34)35)29(42)31(43)40-30(25)39-28(21-9-5-3-6-10-21)22-11-7-4-8-12-22/h3-14,19-20,26,28-29,36-37,42H,15-18,38H2,1-2H3,(H,39,40,43)/b14-13-,27-25?,36-23?,37-24?/t26-,29-/m1/s1. The molecule has 2 atom stereocenters. The number of aliphatic hydroxyl groups is 1. The van der Waals surface area contributed by atoms with E-state index < -0.39 is 41.6 Å². The first kappa shape index (κ1) is 32.5. The Hall–Kier alpha value is -4.45. The van der Waals surface area contributed by atoms with Crippen molar-refractivity contribution in [3.05, 3.63) is 95.2 Å². The fraction of sp³-hybridized carbons (Fsp3) is 0.375. The van der Waals surface area contributed by atoms with Crippen molar-refractivity contribution in [2.24, 2.45) is 22.6 Å². The Morgan fingerprint density at radius 2 is 1.59 bits per heavy atom. The molecule has 2 fully saturated rings. The van der Waals surface area contributed by atoms with Gasteiger partial charge in [0.05, 0.1) is 6.10 Å². The Kier molecular flexibility index (Phi) is 10.3. The molecule has 2 aromatic carbocycles. The van der Waals surface area contributed by atoms with E-state index in [4.69, 9.17) is 21.3 Å². The van der Waals surface area contributed by atoms with Crippen LogP contribution in [0.3, 0.4) is 0 Å². The van der Waals surface area contributed by atoms with Crippen molar-refractivity contribution in [2.45, 2.75) is 51.1 Å². The number of amides is 1. The van der Waals surface area contributed by atoms with Crippen molar-refractivity contribution >= 4 is 23.5 Å². The number of carbonyl (C=O) groups excluding carboxylic acids is 1. The highest BCUT2D eigenvalue weighted by Gasteiger charge is 2.54. The monoisotopic (exact) mass is 610 g/mol. The average molecular weight is 611 g/mol. The zero-order valence-electron chi connectivity index (χ0n) is 24.5. The summed E-state index contributed by atoms with van der Waals surface area (Å²) in [4.78, 5) is 19.1. The van der Waals surface area contributed by atoms with Gasteiger partial charge in [-0.15, -0.1) is 0 Å². The number of rotatable bonds is 7. The molecule has 2 aliphatic rings. The molecule has 0 spiro atoms. The third-order valence-corrected chi connectivity index (χ3v) is 7.58. The number of piperidine rings is 2. The molecule has 0 saturated carbocycles. The van der Waals surface area contributed by atoms with Gasteiger partial charge in [0.25, 0.3) is 5.91 Å². The predicted octanol–water partition coefficient (Wildman–Crippen LogP) is 4.70. The summed E-state index contributed by atoms with van der Waals surface area (Å²) in [5.74, 6) is -4.56. The number of hydrogen-bond donors (Lipinski definition) is 5. The summed E-state index contributed by atoms with van der Waals surface area (Å²) in [7, 11) is 0. The van der Waals surface area contributed by atoms with E-state index in [-0.39, 0.29) is 29.4 Å². The van der Waals surface area contributed by atoms with E-state index in [9.17, 15) is 23.1 Å². The Bertz CT molecular complexity index is 1390. The predicted molar refractivity (Wildman–Crippen MR) is 162 cm³/mol. The molecule has 2 saturated heterocycles. The maximum Gasteiger partial charge on any atom is 0.398 e. The summed E-state index contributed by atoms with van der Waals surface area (Å²) in [5.41, 5.74) is 7.39. The van der Waals surface area contributed by atoms with Crippen LogP contribution in [0.1, 0.15) is 43.9 Å². The molecular formula is C32H37F3N6O3. The number of allylic oxidation sites excluding steroid dienone is 1. The number of ether oxygens (including phenoxy) is 1. The van der Waals surface area contributed by atoms with Gasteiger partial charge in [-0.3, -0.25) is 20.6 Å². The summed E-state index contributed by atoms with van der Waals surface area (Å²) in [6, 6.07) is 17.2. The zero-order chi connectivity index (χ0) is 32.0. The van der Waals surface area contributed by atoms with Crippen LogP contribution in [0.2, 0.25) is 0 Å². The fourth-order valence-electron chi connectivity index (χ4n) is 5.42. The summed E-state index contributed by atoms with van der Waals surface area (Å²) in [5, 5.41) is 29.1.